The van der Waals surface area contributed by atoms with Crippen LogP contribution in [-0.2, 0) is 9.59 Å². The SMILES string of the molecule is CN1C(=O)NC(=O)/C(=C/c2ccc(O)c([N+](=O)[O-])c2)C1=O. The molecule has 1 aliphatic rings. The van der Waals surface area contributed by atoms with Crippen LogP contribution in [0.2, 0.25) is 0 Å². The predicted octanol–water partition coefficient (Wildman–Crippen LogP) is 0.392. The van der Waals surface area contributed by atoms with Crippen LogP contribution in [0.4, 0.5) is 10.5 Å². The minimum absolute atomic E-state index is 0.167. The van der Waals surface area contributed by atoms with Gasteiger partial charge >= 0.3 is 11.7 Å². The first-order valence-electron chi connectivity index (χ1n) is 5.63. The number of carbonyl (C=O) groups is 3. The van der Waals surface area contributed by atoms with Crippen LogP contribution in [0.25, 0.3) is 6.08 Å². The number of aromatic hydroxyl groups is 1. The Morgan fingerprint density at radius 1 is 1.33 bits per heavy atom. The molecule has 1 saturated heterocycles. The number of nitrogens with one attached hydrogen (secondary N) is 1. The molecule has 0 bridgehead atoms. The molecule has 4 amide bonds. The highest BCUT2D eigenvalue weighted by Crippen LogP contribution is 2.27. The first kappa shape index (κ1) is 14.2. The summed E-state index contributed by atoms with van der Waals surface area (Å²) >= 11 is 0. The molecular weight excluding hydrogens is 282 g/mol. The summed E-state index contributed by atoms with van der Waals surface area (Å²) in [4.78, 5) is 45.3. The minimum Gasteiger partial charge on any atom is -0.502 e. The van der Waals surface area contributed by atoms with Crippen molar-refractivity contribution in [2.75, 3.05) is 7.05 Å². The molecule has 0 radical (unpaired) electrons. The standard InChI is InChI=1S/C12H9N3O6/c1-14-11(18)7(10(17)13-12(14)19)4-6-2-3-9(16)8(5-6)15(20)21/h2-5,16H,1H3,(H,13,17,19)/b7-4-. The fraction of sp³-hybridized carbons (Fsp3) is 0.0833. The van der Waals surface area contributed by atoms with Crippen molar-refractivity contribution in [2.24, 2.45) is 0 Å². The van der Waals surface area contributed by atoms with Crippen molar-refractivity contribution in [1.29, 1.82) is 0 Å². The average molecular weight is 291 g/mol. The molecular formula is C12H9N3O6. The molecule has 9 heteroatoms. The van der Waals surface area contributed by atoms with Gasteiger partial charge in [-0.25, -0.2) is 4.79 Å². The van der Waals surface area contributed by atoms with Gasteiger partial charge in [0.2, 0.25) is 0 Å². The van der Waals surface area contributed by atoms with E-state index in [0.29, 0.717) is 4.90 Å². The number of urea groups is 1. The van der Waals surface area contributed by atoms with Gasteiger partial charge in [-0.15, -0.1) is 0 Å². The number of phenols is 1. The van der Waals surface area contributed by atoms with Crippen molar-refractivity contribution in [3.63, 3.8) is 0 Å². The summed E-state index contributed by atoms with van der Waals surface area (Å²) in [5.41, 5.74) is -0.727. The van der Waals surface area contributed by atoms with Crippen molar-refractivity contribution in [3.05, 3.63) is 39.4 Å². The third-order valence-electron chi connectivity index (χ3n) is 2.81. The van der Waals surface area contributed by atoms with E-state index < -0.39 is 34.2 Å². The maximum atomic E-state index is 11.8. The number of rotatable bonds is 2. The van der Waals surface area contributed by atoms with Gasteiger partial charge < -0.3 is 5.11 Å². The Morgan fingerprint density at radius 3 is 2.62 bits per heavy atom. The molecule has 21 heavy (non-hydrogen) atoms. The number of hydrogen-bond acceptors (Lipinski definition) is 6. The molecule has 0 spiro atoms. The van der Waals surface area contributed by atoms with Gasteiger partial charge in [-0.3, -0.25) is 29.9 Å². The van der Waals surface area contributed by atoms with Crippen molar-refractivity contribution < 1.29 is 24.4 Å². The second-order valence-electron chi connectivity index (χ2n) is 4.19. The fourth-order valence-corrected chi connectivity index (χ4v) is 1.69. The largest absolute Gasteiger partial charge is 0.502 e. The Labute approximate surface area is 117 Å². The number of benzene rings is 1. The van der Waals surface area contributed by atoms with Crippen LogP contribution in [0.3, 0.4) is 0 Å². The molecule has 1 fully saturated rings. The minimum atomic E-state index is -0.890. The van der Waals surface area contributed by atoms with Gasteiger partial charge in [0.25, 0.3) is 11.8 Å². The number of likely N-dealkylation sites (N-methyl/N-ethyl adjacent to an activating group) is 1. The Bertz CT molecular complexity index is 709. The Hall–Kier alpha value is -3.23. The molecule has 0 aliphatic carbocycles. The average Bonchev–Trinajstić information content (AvgIpc) is 2.42. The summed E-state index contributed by atoms with van der Waals surface area (Å²) in [5, 5.41) is 22.0. The van der Waals surface area contributed by atoms with E-state index in [1.807, 2.05) is 5.32 Å². The van der Waals surface area contributed by atoms with Gasteiger partial charge in [-0.2, -0.15) is 0 Å². The van der Waals surface area contributed by atoms with Crippen molar-refractivity contribution in [1.82, 2.24) is 10.2 Å². The zero-order valence-electron chi connectivity index (χ0n) is 10.7. The Morgan fingerprint density at radius 2 is 2.00 bits per heavy atom. The Balaban J connectivity index is 2.46. The molecule has 0 atom stereocenters. The lowest BCUT2D eigenvalue weighted by Crippen LogP contribution is -2.52. The highest BCUT2D eigenvalue weighted by atomic mass is 16.6. The Kier molecular flexibility index (Phi) is 3.40. The molecule has 108 valence electrons. The molecule has 0 saturated carbocycles. The summed E-state index contributed by atoms with van der Waals surface area (Å²) in [6, 6.07) is 2.54. The second kappa shape index (κ2) is 5.04. The third kappa shape index (κ3) is 2.56. The maximum absolute atomic E-state index is 11.8. The normalized spacial score (nSPS) is 17.1. The molecule has 0 aromatic heterocycles. The lowest BCUT2D eigenvalue weighted by molar-refractivity contribution is -0.385. The highest BCUT2D eigenvalue weighted by molar-refractivity contribution is 6.30. The van der Waals surface area contributed by atoms with Gasteiger partial charge in [0.1, 0.15) is 5.57 Å². The van der Waals surface area contributed by atoms with Crippen molar-refractivity contribution in [2.45, 2.75) is 0 Å². The lowest BCUT2D eigenvalue weighted by atomic mass is 10.1. The third-order valence-corrected chi connectivity index (χ3v) is 2.81. The number of carbonyl (C=O) groups excluding carboxylic acids is 3. The fourth-order valence-electron chi connectivity index (χ4n) is 1.69. The lowest BCUT2D eigenvalue weighted by Gasteiger charge is -2.22. The van der Waals surface area contributed by atoms with Crippen LogP contribution < -0.4 is 5.32 Å². The zero-order valence-corrected chi connectivity index (χ0v) is 10.7. The number of amides is 4. The van der Waals surface area contributed by atoms with Crippen LogP contribution in [0.15, 0.2) is 23.8 Å². The van der Waals surface area contributed by atoms with Gasteiger partial charge in [0.15, 0.2) is 5.75 Å². The molecule has 1 aromatic carbocycles. The molecule has 9 nitrogen and oxygen atoms in total. The van der Waals surface area contributed by atoms with E-state index in [9.17, 15) is 29.6 Å². The monoisotopic (exact) mass is 291 g/mol. The summed E-state index contributed by atoms with van der Waals surface area (Å²) in [5.74, 6) is -2.24. The van der Waals surface area contributed by atoms with E-state index >= 15 is 0 Å². The van der Waals surface area contributed by atoms with E-state index in [4.69, 9.17) is 0 Å². The van der Waals surface area contributed by atoms with Crippen molar-refractivity contribution in [3.8, 4) is 5.75 Å². The van der Waals surface area contributed by atoms with Crippen LogP contribution in [0, 0.1) is 10.1 Å². The number of barbiturate groups is 1. The van der Waals surface area contributed by atoms with Crippen molar-refractivity contribution >= 4 is 29.6 Å². The van der Waals surface area contributed by atoms with E-state index in [2.05, 4.69) is 0 Å². The van der Waals surface area contributed by atoms with Crippen LogP contribution in [-0.4, -0.2) is 39.8 Å². The quantitative estimate of drug-likeness (QED) is 0.351. The first-order chi connectivity index (χ1) is 9.81. The molecule has 2 rings (SSSR count). The number of nitro groups is 1. The highest BCUT2D eigenvalue weighted by Gasteiger charge is 2.33. The predicted molar refractivity (Wildman–Crippen MR) is 69.0 cm³/mol. The first-order valence-corrected chi connectivity index (χ1v) is 5.63. The topological polar surface area (TPSA) is 130 Å². The number of phenolic OH excluding ortho intramolecular Hbond substituents is 1. The number of nitro benzene ring substituents is 1. The molecule has 1 aliphatic heterocycles. The van der Waals surface area contributed by atoms with Crippen LogP contribution in [0.1, 0.15) is 5.56 Å². The molecule has 1 aromatic rings. The molecule has 0 unspecified atom stereocenters. The summed E-state index contributed by atoms with van der Waals surface area (Å²) in [7, 11) is 1.19. The van der Waals surface area contributed by atoms with Crippen LogP contribution in [0.5, 0.6) is 5.75 Å². The number of hydrogen-bond donors (Lipinski definition) is 2. The smallest absolute Gasteiger partial charge is 0.331 e. The number of imide groups is 2. The van der Waals surface area contributed by atoms with E-state index in [0.717, 1.165) is 18.2 Å². The summed E-state index contributed by atoms with van der Waals surface area (Å²) < 4.78 is 0. The van der Waals surface area contributed by atoms with E-state index in [1.54, 1.807) is 0 Å². The van der Waals surface area contributed by atoms with Gasteiger partial charge in [-0.05, 0) is 17.7 Å². The second-order valence-corrected chi connectivity index (χ2v) is 4.19. The van der Waals surface area contributed by atoms with Crippen LogP contribution >= 0.6 is 0 Å². The molecule has 2 N–H and O–H groups in total. The summed E-state index contributed by atoms with van der Waals surface area (Å²) in [6.07, 6.45) is 1.10. The zero-order chi connectivity index (χ0) is 15.7. The van der Waals surface area contributed by atoms with E-state index in [1.165, 1.54) is 13.1 Å². The van der Waals surface area contributed by atoms with Gasteiger partial charge in [0.05, 0.1) is 4.92 Å². The van der Waals surface area contributed by atoms with E-state index in [-0.39, 0.29) is 11.1 Å². The number of nitrogens with zero attached hydrogens (tertiary/aromatic N) is 2. The van der Waals surface area contributed by atoms with Gasteiger partial charge in [0, 0.05) is 13.1 Å². The van der Waals surface area contributed by atoms with Gasteiger partial charge in [-0.1, -0.05) is 6.07 Å². The molecule has 1 heterocycles. The maximum Gasteiger partial charge on any atom is 0.331 e. The summed E-state index contributed by atoms with van der Waals surface area (Å²) in [6.45, 7) is 0.